The molecule has 0 spiro atoms. The van der Waals surface area contributed by atoms with E-state index in [4.69, 9.17) is 24.1 Å². The lowest BCUT2D eigenvalue weighted by Gasteiger charge is -2.25. The average Bonchev–Trinajstić information content (AvgIpc) is 3.66. The summed E-state index contributed by atoms with van der Waals surface area (Å²) in [7, 11) is -2.11. The molecule has 3 fully saturated rings. The summed E-state index contributed by atoms with van der Waals surface area (Å²) in [5.41, 5.74) is 9.03. The Balaban J connectivity index is 0.970. The van der Waals surface area contributed by atoms with Gasteiger partial charge in [-0.3, -0.25) is 24.3 Å². The van der Waals surface area contributed by atoms with Gasteiger partial charge in [-0.2, -0.15) is 0 Å². The Labute approximate surface area is 331 Å². The van der Waals surface area contributed by atoms with Crippen molar-refractivity contribution in [1.82, 2.24) is 29.5 Å². The molecule has 298 valence electrons. The number of hydrogen-bond acceptors (Lipinski definition) is 11. The number of sulfonamides is 1. The zero-order valence-electron chi connectivity index (χ0n) is 32.6. The maximum Gasteiger partial charge on any atom is 0.240 e. The van der Waals surface area contributed by atoms with Gasteiger partial charge in [0.05, 0.1) is 35.8 Å². The number of rotatable bonds is 10. The highest BCUT2D eigenvalue weighted by atomic mass is 32.2. The maximum absolute atomic E-state index is 16.3. The van der Waals surface area contributed by atoms with Gasteiger partial charge in [0.1, 0.15) is 11.2 Å². The molecule has 4 aliphatic rings. The number of likely N-dealkylation sites (tertiary alicyclic amines) is 2. The number of aliphatic hydroxyl groups is 1. The zero-order chi connectivity index (χ0) is 39.8. The van der Waals surface area contributed by atoms with E-state index in [2.05, 4.69) is 33.6 Å². The van der Waals surface area contributed by atoms with Crippen molar-refractivity contribution in [3.8, 4) is 39.7 Å². The van der Waals surface area contributed by atoms with Crippen molar-refractivity contribution >= 4 is 27.0 Å². The van der Waals surface area contributed by atoms with Crippen molar-refractivity contribution in [3.63, 3.8) is 0 Å². The number of fused-ring (bicyclic) bond motifs is 2. The second kappa shape index (κ2) is 14.3. The van der Waals surface area contributed by atoms with E-state index in [1.807, 2.05) is 37.3 Å². The van der Waals surface area contributed by atoms with Crippen LogP contribution >= 0.6 is 0 Å². The summed E-state index contributed by atoms with van der Waals surface area (Å²) in [6, 6.07) is 13.8. The molecule has 12 nitrogen and oxygen atoms in total. The van der Waals surface area contributed by atoms with Crippen molar-refractivity contribution in [2.75, 3.05) is 33.3 Å². The van der Waals surface area contributed by atoms with E-state index >= 15 is 4.39 Å². The molecule has 5 aromatic rings. The van der Waals surface area contributed by atoms with E-state index in [-0.39, 0.29) is 17.7 Å². The van der Waals surface area contributed by atoms with Gasteiger partial charge in [-0.1, -0.05) is 30.3 Å². The summed E-state index contributed by atoms with van der Waals surface area (Å²) in [5, 5.41) is 9.97. The Kier molecular flexibility index (Phi) is 9.45. The Hall–Kier alpha value is -4.76. The first-order chi connectivity index (χ1) is 27.3. The molecule has 2 aliphatic heterocycles. The molecule has 3 atom stereocenters. The molecule has 1 amide bonds. The van der Waals surface area contributed by atoms with Gasteiger partial charge in [-0.15, -0.1) is 0 Å². The summed E-state index contributed by atoms with van der Waals surface area (Å²) < 4.78 is 55.0. The van der Waals surface area contributed by atoms with Gasteiger partial charge in [0.25, 0.3) is 0 Å². The van der Waals surface area contributed by atoms with Gasteiger partial charge in [0.15, 0.2) is 11.4 Å². The number of aromatic nitrogens is 3. The van der Waals surface area contributed by atoms with Crippen LogP contribution in [-0.2, 0) is 27.8 Å². The standard InChI is InChI=1S/C43H47FN6O6S/c1-24-28(7-5-9-30(24)35-20-45-36(42(47-35)55-4)23-49-17-14-27(51)22-49)29-8-6-10-31(25(29)2)41-46-34-19-33-32(38(44)39(34)56-41)11-12-37(33)50-18-13-26(21-50)40(52)48-57(53,54)43(3)15-16-43/h5-10,19-20,26-27,37,51H,11-18,21-23H2,1-4H3,(H,48,52)/t26-,27-,37-/m1/s1. The summed E-state index contributed by atoms with van der Waals surface area (Å²) in [6.07, 6.45) is 5.08. The number of methoxy groups -OCH3 is 1. The molecule has 14 heteroatoms. The Bertz CT molecular complexity index is 2540. The van der Waals surface area contributed by atoms with Crippen molar-refractivity contribution in [2.24, 2.45) is 5.92 Å². The largest absolute Gasteiger partial charge is 0.480 e. The quantitative estimate of drug-likeness (QED) is 0.165. The monoisotopic (exact) mass is 794 g/mol. The molecule has 2 aliphatic carbocycles. The fourth-order valence-corrected chi connectivity index (χ4v) is 10.3. The molecule has 0 bridgehead atoms. The lowest BCUT2D eigenvalue weighted by molar-refractivity contribution is -0.122. The number of carbonyl (C=O) groups is 1. The molecular formula is C43H47FN6O6S. The number of nitrogens with zero attached hydrogens (tertiary/aromatic N) is 5. The van der Waals surface area contributed by atoms with Crippen molar-refractivity contribution in [2.45, 2.75) is 82.7 Å². The molecule has 0 unspecified atom stereocenters. The molecule has 2 N–H and O–H groups in total. The van der Waals surface area contributed by atoms with Gasteiger partial charge in [-0.25, -0.2) is 22.8 Å². The summed E-state index contributed by atoms with van der Waals surface area (Å²) in [4.78, 5) is 31.8. The highest BCUT2D eigenvalue weighted by molar-refractivity contribution is 7.91. The maximum atomic E-state index is 16.3. The highest BCUT2D eigenvalue weighted by Gasteiger charge is 2.51. The third-order valence-electron chi connectivity index (χ3n) is 12.7. The van der Waals surface area contributed by atoms with Crippen LogP contribution < -0.4 is 9.46 Å². The summed E-state index contributed by atoms with van der Waals surface area (Å²) in [6.45, 7) is 8.72. The van der Waals surface area contributed by atoms with E-state index in [1.54, 1.807) is 20.2 Å². The second-order valence-corrected chi connectivity index (χ2v) is 18.6. The Morgan fingerprint density at radius 1 is 1.02 bits per heavy atom. The molecule has 0 radical (unpaired) electrons. The normalized spacial score (nSPS) is 22.0. The minimum atomic E-state index is -3.71. The molecule has 2 saturated heterocycles. The number of halogens is 1. The second-order valence-electron chi connectivity index (χ2n) is 16.4. The molecular weight excluding hydrogens is 748 g/mol. The van der Waals surface area contributed by atoms with Gasteiger partial charge in [-0.05, 0) is 111 Å². The number of nitrogens with one attached hydrogen (secondary N) is 1. The van der Waals surface area contributed by atoms with E-state index in [1.165, 1.54) is 0 Å². The molecule has 4 heterocycles. The number of amides is 1. The number of β-amino-alcohol motifs (C(OH)–C–C–N with tert-alkyl or cyclic N) is 1. The number of benzene rings is 3. The minimum absolute atomic E-state index is 0.102. The van der Waals surface area contributed by atoms with Crippen LogP contribution in [0, 0.1) is 25.6 Å². The number of ether oxygens (including phenoxy) is 1. The van der Waals surface area contributed by atoms with E-state index in [9.17, 15) is 18.3 Å². The van der Waals surface area contributed by atoms with E-state index in [0.29, 0.717) is 86.8 Å². The van der Waals surface area contributed by atoms with Gasteiger partial charge < -0.3 is 14.3 Å². The van der Waals surface area contributed by atoms with E-state index < -0.39 is 32.4 Å². The van der Waals surface area contributed by atoms with Crippen LogP contribution in [0.15, 0.2) is 53.1 Å². The SMILES string of the molecule is COc1nc(-c2cccc(-c3cccc(-c4nc5cc6c(c(F)c5o4)CC[C@H]6N4CC[C@@H](C(=O)NS(=O)(=O)C5(C)CC5)C4)c3C)c2C)cnc1CN1CC[C@@H](O)C1. The Morgan fingerprint density at radius 3 is 2.44 bits per heavy atom. The fraction of sp³-hybridized carbons (Fsp3) is 0.442. The number of aliphatic hydroxyl groups excluding tert-OH is 1. The highest BCUT2D eigenvalue weighted by Crippen LogP contribution is 2.45. The van der Waals surface area contributed by atoms with Crippen LogP contribution in [0.2, 0.25) is 0 Å². The van der Waals surface area contributed by atoms with Crippen molar-refractivity contribution < 1.29 is 31.9 Å². The number of hydrogen-bond donors (Lipinski definition) is 2. The van der Waals surface area contributed by atoms with Gasteiger partial charge in [0, 0.05) is 43.3 Å². The zero-order valence-corrected chi connectivity index (χ0v) is 33.5. The average molecular weight is 795 g/mol. The van der Waals surface area contributed by atoms with Crippen LogP contribution in [0.3, 0.4) is 0 Å². The molecule has 2 aromatic heterocycles. The minimum Gasteiger partial charge on any atom is -0.480 e. The fourth-order valence-electron chi connectivity index (χ4n) is 8.97. The van der Waals surface area contributed by atoms with Gasteiger partial charge in [0.2, 0.25) is 27.7 Å². The predicted molar refractivity (Wildman–Crippen MR) is 213 cm³/mol. The van der Waals surface area contributed by atoms with Gasteiger partial charge >= 0.3 is 0 Å². The predicted octanol–water partition coefficient (Wildman–Crippen LogP) is 6.26. The third kappa shape index (κ3) is 6.69. The number of carbonyl (C=O) groups excluding carboxylic acids is 1. The summed E-state index contributed by atoms with van der Waals surface area (Å²) >= 11 is 0. The first-order valence-electron chi connectivity index (χ1n) is 19.8. The molecule has 1 saturated carbocycles. The first-order valence-corrected chi connectivity index (χ1v) is 21.2. The van der Waals surface area contributed by atoms with Crippen LogP contribution in [0.5, 0.6) is 5.88 Å². The smallest absolute Gasteiger partial charge is 0.240 e. The molecule has 9 rings (SSSR count). The van der Waals surface area contributed by atoms with E-state index in [0.717, 1.165) is 57.6 Å². The first kappa shape index (κ1) is 37.8. The molecule has 57 heavy (non-hydrogen) atoms. The lowest BCUT2D eigenvalue weighted by atomic mass is 9.90. The lowest BCUT2D eigenvalue weighted by Crippen LogP contribution is -2.42. The molecule has 3 aromatic carbocycles. The third-order valence-corrected chi connectivity index (χ3v) is 14.9. The topological polar surface area (TPSA) is 151 Å². The van der Waals surface area contributed by atoms with Crippen LogP contribution in [0.1, 0.15) is 73.0 Å². The van der Waals surface area contributed by atoms with Crippen molar-refractivity contribution in [1.29, 1.82) is 0 Å². The van der Waals surface area contributed by atoms with Crippen LogP contribution in [0.25, 0.3) is 44.9 Å². The van der Waals surface area contributed by atoms with Crippen LogP contribution in [-0.4, -0.2) is 88.3 Å². The Morgan fingerprint density at radius 2 is 1.74 bits per heavy atom. The van der Waals surface area contributed by atoms with Crippen molar-refractivity contribution in [3.05, 3.63) is 82.4 Å². The van der Waals surface area contributed by atoms with Crippen LogP contribution in [0.4, 0.5) is 4.39 Å². The number of oxazole rings is 1. The summed E-state index contributed by atoms with van der Waals surface area (Å²) in [5.74, 6) is -0.516.